The van der Waals surface area contributed by atoms with Crippen LogP contribution in [-0.2, 0) is 6.54 Å². The molecular formula is C13H24N2S. The fourth-order valence-electron chi connectivity index (χ4n) is 1.84. The third kappa shape index (κ3) is 5.10. The van der Waals surface area contributed by atoms with Crippen LogP contribution >= 0.6 is 11.3 Å². The summed E-state index contributed by atoms with van der Waals surface area (Å²) in [4.78, 5) is 3.92. The summed E-state index contributed by atoms with van der Waals surface area (Å²) in [6, 6.07) is 4.71. The fraction of sp³-hybridized carbons (Fsp3) is 0.692. The van der Waals surface area contributed by atoms with Gasteiger partial charge in [0.15, 0.2) is 0 Å². The van der Waals surface area contributed by atoms with E-state index in [2.05, 4.69) is 36.3 Å². The summed E-state index contributed by atoms with van der Waals surface area (Å²) in [5, 5.41) is 2.14. The van der Waals surface area contributed by atoms with Crippen molar-refractivity contribution in [1.29, 1.82) is 0 Å². The predicted octanol–water partition coefficient (Wildman–Crippen LogP) is 3.09. The van der Waals surface area contributed by atoms with Crippen molar-refractivity contribution in [2.24, 2.45) is 5.73 Å². The molecule has 0 aliphatic heterocycles. The Morgan fingerprint density at radius 2 is 2.19 bits per heavy atom. The molecule has 0 bridgehead atoms. The Morgan fingerprint density at radius 3 is 2.75 bits per heavy atom. The maximum atomic E-state index is 6.04. The summed E-state index contributed by atoms with van der Waals surface area (Å²) < 4.78 is 0. The first-order chi connectivity index (χ1) is 7.76. The average Bonchev–Trinajstić information content (AvgIpc) is 2.77. The van der Waals surface area contributed by atoms with Crippen molar-refractivity contribution in [2.45, 2.75) is 45.7 Å². The molecular weight excluding hydrogens is 216 g/mol. The first-order valence-corrected chi connectivity index (χ1v) is 7.14. The van der Waals surface area contributed by atoms with Crippen molar-refractivity contribution in [2.75, 3.05) is 13.1 Å². The van der Waals surface area contributed by atoms with E-state index in [0.717, 1.165) is 32.5 Å². The van der Waals surface area contributed by atoms with Crippen molar-refractivity contribution in [3.05, 3.63) is 22.4 Å². The van der Waals surface area contributed by atoms with Crippen LogP contribution in [0.1, 0.15) is 38.0 Å². The largest absolute Gasteiger partial charge is 0.328 e. The van der Waals surface area contributed by atoms with Gasteiger partial charge in [0.25, 0.3) is 0 Å². The molecule has 0 fully saturated rings. The van der Waals surface area contributed by atoms with Crippen LogP contribution in [0, 0.1) is 0 Å². The number of nitrogens with zero attached hydrogens (tertiary/aromatic N) is 1. The van der Waals surface area contributed by atoms with Crippen LogP contribution in [0.5, 0.6) is 0 Å². The first-order valence-electron chi connectivity index (χ1n) is 6.26. The summed E-state index contributed by atoms with van der Waals surface area (Å²) in [6.45, 7) is 7.72. The molecule has 0 saturated carbocycles. The number of rotatable bonds is 8. The minimum Gasteiger partial charge on any atom is -0.328 e. The Balaban J connectivity index is 2.26. The van der Waals surface area contributed by atoms with Gasteiger partial charge in [0.05, 0.1) is 0 Å². The molecule has 1 heterocycles. The number of nitrogens with two attached hydrogens (primary N) is 1. The van der Waals surface area contributed by atoms with Crippen molar-refractivity contribution >= 4 is 11.3 Å². The summed E-state index contributed by atoms with van der Waals surface area (Å²) in [5.74, 6) is 0. The Hall–Kier alpha value is -0.380. The van der Waals surface area contributed by atoms with Crippen molar-refractivity contribution in [1.82, 2.24) is 4.90 Å². The molecule has 1 rings (SSSR count). The van der Waals surface area contributed by atoms with Gasteiger partial charge in [-0.05, 0) is 37.4 Å². The zero-order valence-corrected chi connectivity index (χ0v) is 11.3. The van der Waals surface area contributed by atoms with E-state index < -0.39 is 0 Å². The molecule has 0 radical (unpaired) electrons. The second-order valence-corrected chi connectivity index (χ2v) is 5.32. The van der Waals surface area contributed by atoms with E-state index in [-0.39, 0.29) is 0 Å². The number of hydrogen-bond donors (Lipinski definition) is 1. The van der Waals surface area contributed by atoms with Gasteiger partial charge in [-0.15, -0.1) is 11.3 Å². The van der Waals surface area contributed by atoms with E-state index in [1.165, 1.54) is 11.3 Å². The lowest BCUT2D eigenvalue weighted by molar-refractivity contribution is 0.268. The molecule has 92 valence electrons. The SMILES string of the molecule is CCCC(N)CCN(CC)Cc1cccs1. The van der Waals surface area contributed by atoms with E-state index in [9.17, 15) is 0 Å². The second-order valence-electron chi connectivity index (χ2n) is 4.29. The van der Waals surface area contributed by atoms with Gasteiger partial charge >= 0.3 is 0 Å². The van der Waals surface area contributed by atoms with Crippen LogP contribution in [0.15, 0.2) is 17.5 Å². The third-order valence-electron chi connectivity index (χ3n) is 2.88. The van der Waals surface area contributed by atoms with E-state index in [1.807, 2.05) is 11.3 Å². The molecule has 1 atom stereocenters. The highest BCUT2D eigenvalue weighted by molar-refractivity contribution is 7.09. The molecule has 1 unspecified atom stereocenters. The monoisotopic (exact) mass is 240 g/mol. The van der Waals surface area contributed by atoms with E-state index in [0.29, 0.717) is 6.04 Å². The van der Waals surface area contributed by atoms with Gasteiger partial charge in [-0.1, -0.05) is 26.3 Å². The number of thiophene rings is 1. The van der Waals surface area contributed by atoms with E-state index >= 15 is 0 Å². The molecule has 3 heteroatoms. The Morgan fingerprint density at radius 1 is 1.38 bits per heavy atom. The maximum absolute atomic E-state index is 6.04. The molecule has 0 saturated heterocycles. The van der Waals surface area contributed by atoms with Crippen LogP contribution < -0.4 is 5.73 Å². The minimum atomic E-state index is 0.377. The molecule has 2 nitrogen and oxygen atoms in total. The van der Waals surface area contributed by atoms with Gasteiger partial charge in [-0.2, -0.15) is 0 Å². The van der Waals surface area contributed by atoms with E-state index in [4.69, 9.17) is 5.73 Å². The Bertz CT molecular complexity index is 259. The van der Waals surface area contributed by atoms with Crippen LogP contribution in [0.2, 0.25) is 0 Å². The smallest absolute Gasteiger partial charge is 0.0327 e. The predicted molar refractivity (Wildman–Crippen MR) is 72.8 cm³/mol. The highest BCUT2D eigenvalue weighted by atomic mass is 32.1. The summed E-state index contributed by atoms with van der Waals surface area (Å²) >= 11 is 1.84. The Labute approximate surface area is 103 Å². The molecule has 0 amide bonds. The highest BCUT2D eigenvalue weighted by Gasteiger charge is 2.07. The zero-order chi connectivity index (χ0) is 11.8. The van der Waals surface area contributed by atoms with E-state index in [1.54, 1.807) is 0 Å². The van der Waals surface area contributed by atoms with Gasteiger partial charge in [-0.25, -0.2) is 0 Å². The molecule has 0 aliphatic rings. The third-order valence-corrected chi connectivity index (χ3v) is 3.74. The van der Waals surface area contributed by atoms with Gasteiger partial charge in [-0.3, -0.25) is 4.90 Å². The summed E-state index contributed by atoms with van der Waals surface area (Å²) in [6.07, 6.45) is 3.46. The first kappa shape index (κ1) is 13.7. The van der Waals surface area contributed by atoms with Gasteiger partial charge in [0.1, 0.15) is 0 Å². The van der Waals surface area contributed by atoms with Gasteiger partial charge < -0.3 is 5.73 Å². The van der Waals surface area contributed by atoms with Crippen LogP contribution in [0.3, 0.4) is 0 Å². The summed E-state index contributed by atoms with van der Waals surface area (Å²) in [7, 11) is 0. The maximum Gasteiger partial charge on any atom is 0.0327 e. The van der Waals surface area contributed by atoms with Crippen LogP contribution in [0.4, 0.5) is 0 Å². The second kappa shape index (κ2) is 7.82. The molecule has 0 aromatic carbocycles. The molecule has 1 aromatic rings. The molecule has 0 spiro atoms. The molecule has 0 aliphatic carbocycles. The lowest BCUT2D eigenvalue weighted by Gasteiger charge is -2.21. The van der Waals surface area contributed by atoms with Gasteiger partial charge in [0.2, 0.25) is 0 Å². The fourth-order valence-corrected chi connectivity index (χ4v) is 2.58. The summed E-state index contributed by atoms with van der Waals surface area (Å²) in [5.41, 5.74) is 6.04. The quantitative estimate of drug-likeness (QED) is 0.756. The lowest BCUT2D eigenvalue weighted by Crippen LogP contribution is -2.30. The van der Waals surface area contributed by atoms with Crippen molar-refractivity contribution in [3.63, 3.8) is 0 Å². The van der Waals surface area contributed by atoms with Gasteiger partial charge in [0, 0.05) is 17.5 Å². The standard InChI is InChI=1S/C13H24N2S/c1-3-6-12(14)8-9-15(4-2)11-13-7-5-10-16-13/h5,7,10,12H,3-4,6,8-9,11,14H2,1-2H3. The zero-order valence-electron chi connectivity index (χ0n) is 10.5. The van der Waals surface area contributed by atoms with Crippen LogP contribution in [0.25, 0.3) is 0 Å². The molecule has 2 N–H and O–H groups in total. The Kier molecular flexibility index (Phi) is 6.69. The molecule has 16 heavy (non-hydrogen) atoms. The molecule has 1 aromatic heterocycles. The van der Waals surface area contributed by atoms with Crippen molar-refractivity contribution < 1.29 is 0 Å². The average molecular weight is 240 g/mol. The lowest BCUT2D eigenvalue weighted by atomic mass is 10.1. The van der Waals surface area contributed by atoms with Crippen molar-refractivity contribution in [3.8, 4) is 0 Å². The van der Waals surface area contributed by atoms with Crippen LogP contribution in [-0.4, -0.2) is 24.0 Å². The number of hydrogen-bond acceptors (Lipinski definition) is 3. The topological polar surface area (TPSA) is 29.3 Å². The normalized spacial score (nSPS) is 13.2. The minimum absolute atomic E-state index is 0.377. The highest BCUT2D eigenvalue weighted by Crippen LogP contribution is 2.12.